The van der Waals surface area contributed by atoms with E-state index in [-0.39, 0.29) is 7.71 Å². The molecule has 0 aliphatic carbocycles. The molecule has 82 valence electrons. The number of carbonyl (C=O) groups is 1. The molecular weight excluding hydrogens is 418 g/mol. The highest BCUT2D eigenvalue weighted by Crippen LogP contribution is 2.12. The summed E-state index contributed by atoms with van der Waals surface area (Å²) in [5, 5.41) is 0. The van der Waals surface area contributed by atoms with Crippen LogP contribution in [0.1, 0.15) is 12.0 Å². The predicted octanol–water partition coefficient (Wildman–Crippen LogP) is 3.36. The quantitative estimate of drug-likeness (QED) is 0.394. The Morgan fingerprint density at radius 1 is 1.27 bits per heavy atom. The van der Waals surface area contributed by atoms with Crippen molar-refractivity contribution in [2.24, 2.45) is 0 Å². The van der Waals surface area contributed by atoms with Crippen molar-refractivity contribution in [3.63, 3.8) is 0 Å². The molecule has 0 fully saturated rings. The van der Waals surface area contributed by atoms with Crippen LogP contribution in [-0.4, -0.2) is 14.3 Å². The second kappa shape index (κ2) is 7.56. The lowest BCUT2D eigenvalue weighted by atomic mass is 10.2. The number of alkyl halides is 2. The summed E-state index contributed by atoms with van der Waals surface area (Å²) in [4.78, 5) is 11.3. The SMILES string of the molecule is O=C(CCOCc1ccccc1)C(I)I. The van der Waals surface area contributed by atoms with Gasteiger partial charge in [-0.25, -0.2) is 0 Å². The van der Waals surface area contributed by atoms with Crippen LogP contribution in [-0.2, 0) is 16.1 Å². The second-order valence-corrected chi connectivity index (χ2v) is 7.93. The van der Waals surface area contributed by atoms with Crippen LogP contribution < -0.4 is 0 Å². The minimum atomic E-state index is 0.0560. The number of rotatable bonds is 6. The topological polar surface area (TPSA) is 26.3 Å². The molecule has 0 atom stereocenters. The number of hydrogen-bond acceptors (Lipinski definition) is 2. The van der Waals surface area contributed by atoms with Crippen LogP contribution in [0.4, 0.5) is 0 Å². The highest BCUT2D eigenvalue weighted by atomic mass is 127. The van der Waals surface area contributed by atoms with E-state index in [0.29, 0.717) is 19.6 Å². The van der Waals surface area contributed by atoms with Crippen molar-refractivity contribution < 1.29 is 9.53 Å². The van der Waals surface area contributed by atoms with Crippen molar-refractivity contribution in [3.8, 4) is 0 Å². The van der Waals surface area contributed by atoms with Gasteiger partial charge in [0.1, 0.15) is 1.93 Å². The van der Waals surface area contributed by atoms with Gasteiger partial charge in [0.05, 0.1) is 13.2 Å². The molecule has 0 saturated heterocycles. The monoisotopic (exact) mass is 430 g/mol. The first-order valence-electron chi connectivity index (χ1n) is 4.62. The van der Waals surface area contributed by atoms with E-state index in [1.807, 2.05) is 30.3 Å². The molecule has 1 rings (SSSR count). The Balaban J connectivity index is 2.15. The van der Waals surface area contributed by atoms with E-state index in [2.05, 4.69) is 45.2 Å². The Morgan fingerprint density at radius 3 is 2.53 bits per heavy atom. The van der Waals surface area contributed by atoms with Gasteiger partial charge in [0, 0.05) is 6.42 Å². The van der Waals surface area contributed by atoms with Crippen molar-refractivity contribution in [2.45, 2.75) is 15.0 Å². The average molecular weight is 430 g/mol. The molecule has 1 aromatic rings. The molecule has 0 spiro atoms. The molecule has 0 saturated carbocycles. The van der Waals surface area contributed by atoms with E-state index in [9.17, 15) is 4.79 Å². The molecule has 1 aromatic carbocycles. The summed E-state index contributed by atoms with van der Waals surface area (Å²) >= 11 is 4.23. The van der Waals surface area contributed by atoms with Crippen molar-refractivity contribution in [1.29, 1.82) is 0 Å². The smallest absolute Gasteiger partial charge is 0.157 e. The Labute approximate surface area is 117 Å². The summed E-state index contributed by atoms with van der Waals surface area (Å²) < 4.78 is 5.47. The molecule has 0 aliphatic rings. The van der Waals surface area contributed by atoms with E-state index in [4.69, 9.17) is 4.74 Å². The zero-order valence-corrected chi connectivity index (χ0v) is 12.5. The first-order chi connectivity index (χ1) is 7.20. The van der Waals surface area contributed by atoms with E-state index < -0.39 is 0 Å². The van der Waals surface area contributed by atoms with Crippen molar-refractivity contribution >= 4 is 51.0 Å². The summed E-state index contributed by atoms with van der Waals surface area (Å²) in [5.41, 5.74) is 1.14. The van der Waals surface area contributed by atoms with Gasteiger partial charge >= 0.3 is 0 Å². The zero-order chi connectivity index (χ0) is 11.1. The Kier molecular flexibility index (Phi) is 6.74. The standard InChI is InChI=1S/C11H12I2O2/c12-11(13)10(14)6-7-15-8-9-4-2-1-3-5-9/h1-5,11H,6-8H2. The highest BCUT2D eigenvalue weighted by molar-refractivity contribution is 14.2. The fourth-order valence-electron chi connectivity index (χ4n) is 1.05. The largest absolute Gasteiger partial charge is 0.376 e. The van der Waals surface area contributed by atoms with Gasteiger partial charge in [0.15, 0.2) is 5.78 Å². The van der Waals surface area contributed by atoms with Crippen LogP contribution in [0.5, 0.6) is 0 Å². The summed E-state index contributed by atoms with van der Waals surface area (Å²) in [5.74, 6) is 0.240. The molecule has 15 heavy (non-hydrogen) atoms. The van der Waals surface area contributed by atoms with Crippen molar-refractivity contribution in [3.05, 3.63) is 35.9 Å². The molecule has 0 bridgehead atoms. The van der Waals surface area contributed by atoms with Gasteiger partial charge in [-0.05, 0) is 5.56 Å². The van der Waals surface area contributed by atoms with Gasteiger partial charge in [0.25, 0.3) is 0 Å². The summed E-state index contributed by atoms with van der Waals surface area (Å²) in [6.07, 6.45) is 0.503. The number of halogens is 2. The maximum atomic E-state index is 11.3. The molecule has 2 nitrogen and oxygen atoms in total. The maximum Gasteiger partial charge on any atom is 0.157 e. The Bertz CT molecular complexity index is 299. The van der Waals surface area contributed by atoms with Crippen LogP contribution in [0.2, 0.25) is 0 Å². The first-order valence-corrected chi connectivity index (χ1v) is 7.12. The number of carbonyl (C=O) groups excluding carboxylic acids is 1. The number of Topliss-reactive ketones (excluding diaryl/α,β-unsaturated/α-hetero) is 1. The molecule has 0 heterocycles. The third-order valence-electron chi connectivity index (χ3n) is 1.85. The van der Waals surface area contributed by atoms with Gasteiger partial charge < -0.3 is 4.74 Å². The molecule has 0 aliphatic heterocycles. The summed E-state index contributed by atoms with van der Waals surface area (Å²) in [6, 6.07) is 9.97. The van der Waals surface area contributed by atoms with E-state index in [1.54, 1.807) is 0 Å². The molecule has 0 N–H and O–H groups in total. The van der Waals surface area contributed by atoms with Crippen molar-refractivity contribution in [2.75, 3.05) is 6.61 Å². The maximum absolute atomic E-state index is 11.3. The molecule has 0 unspecified atom stereocenters. The third kappa shape index (κ3) is 5.82. The minimum absolute atomic E-state index is 0.0560. The van der Waals surface area contributed by atoms with Gasteiger partial charge in [-0.15, -0.1) is 0 Å². The van der Waals surface area contributed by atoms with Crippen LogP contribution in [0.3, 0.4) is 0 Å². The molecule has 0 aromatic heterocycles. The fourth-order valence-corrected chi connectivity index (χ4v) is 1.67. The second-order valence-electron chi connectivity index (χ2n) is 3.06. The number of benzene rings is 1. The van der Waals surface area contributed by atoms with Gasteiger partial charge in [-0.2, -0.15) is 0 Å². The lowest BCUT2D eigenvalue weighted by Crippen LogP contribution is -2.09. The zero-order valence-electron chi connectivity index (χ0n) is 8.16. The molecule has 0 amide bonds. The van der Waals surface area contributed by atoms with Gasteiger partial charge in [0.2, 0.25) is 0 Å². The number of hydrogen-bond donors (Lipinski definition) is 0. The lowest BCUT2D eigenvalue weighted by Gasteiger charge is -2.04. The van der Waals surface area contributed by atoms with Crippen LogP contribution in [0.25, 0.3) is 0 Å². The van der Waals surface area contributed by atoms with Gasteiger partial charge in [-0.1, -0.05) is 75.5 Å². The fraction of sp³-hybridized carbons (Fsp3) is 0.364. The molecule has 0 radical (unpaired) electrons. The number of ether oxygens (including phenoxy) is 1. The lowest BCUT2D eigenvalue weighted by molar-refractivity contribution is -0.117. The normalized spacial score (nSPS) is 10.6. The molecular formula is C11H12I2O2. The average Bonchev–Trinajstić information content (AvgIpc) is 2.25. The van der Waals surface area contributed by atoms with Gasteiger partial charge in [-0.3, -0.25) is 4.79 Å². The predicted molar refractivity (Wildman–Crippen MR) is 77.6 cm³/mol. The summed E-state index contributed by atoms with van der Waals surface area (Å²) in [6.45, 7) is 1.09. The van der Waals surface area contributed by atoms with E-state index in [0.717, 1.165) is 5.56 Å². The van der Waals surface area contributed by atoms with Crippen LogP contribution >= 0.6 is 45.2 Å². The van der Waals surface area contributed by atoms with E-state index >= 15 is 0 Å². The van der Waals surface area contributed by atoms with Crippen molar-refractivity contribution in [1.82, 2.24) is 0 Å². The highest BCUT2D eigenvalue weighted by Gasteiger charge is 2.09. The first kappa shape index (κ1) is 13.4. The minimum Gasteiger partial charge on any atom is -0.376 e. The van der Waals surface area contributed by atoms with Crippen LogP contribution in [0.15, 0.2) is 30.3 Å². The molecule has 4 heteroatoms. The third-order valence-corrected chi connectivity index (χ3v) is 3.24. The Hall–Kier alpha value is 0.310. The Morgan fingerprint density at radius 2 is 1.93 bits per heavy atom. The summed E-state index contributed by atoms with van der Waals surface area (Å²) in [7, 11) is 0. The van der Waals surface area contributed by atoms with E-state index in [1.165, 1.54) is 0 Å². The number of ketones is 1. The van der Waals surface area contributed by atoms with Crippen LogP contribution in [0, 0.1) is 0 Å².